The van der Waals surface area contributed by atoms with Crippen molar-refractivity contribution in [2.24, 2.45) is 5.41 Å². The second kappa shape index (κ2) is 4.00. The summed E-state index contributed by atoms with van der Waals surface area (Å²) in [6.45, 7) is 0. The third-order valence-electron chi connectivity index (χ3n) is 3.24. The maximum atomic E-state index is 11.3. The number of aromatic amines is 1. The molecule has 0 spiro atoms. The standard InChI is InChI=1S/C10H15N3O2/c14-9(15)10(4-2-1-3-5-10)6-8-11-7-12-13-8/h7H,1-6H2,(H,14,15)(H,11,12,13). The Morgan fingerprint density at radius 2 is 2.20 bits per heavy atom. The van der Waals surface area contributed by atoms with Gasteiger partial charge in [-0.15, -0.1) is 0 Å². The van der Waals surface area contributed by atoms with Crippen molar-refractivity contribution in [2.45, 2.75) is 38.5 Å². The lowest BCUT2D eigenvalue weighted by Crippen LogP contribution is -2.35. The number of carboxylic acid groups (broad SMARTS) is 1. The van der Waals surface area contributed by atoms with Crippen LogP contribution < -0.4 is 0 Å². The number of hydrogen-bond acceptors (Lipinski definition) is 3. The SMILES string of the molecule is O=C(O)C1(Cc2ncn[nH]2)CCCCC1. The molecule has 2 rings (SSSR count). The van der Waals surface area contributed by atoms with Crippen LogP contribution in [0.1, 0.15) is 37.9 Å². The number of nitrogens with one attached hydrogen (secondary N) is 1. The molecule has 1 heterocycles. The maximum absolute atomic E-state index is 11.3. The Labute approximate surface area is 87.9 Å². The van der Waals surface area contributed by atoms with Crippen molar-refractivity contribution in [3.8, 4) is 0 Å². The largest absolute Gasteiger partial charge is 0.481 e. The minimum absolute atomic E-state index is 0.475. The van der Waals surface area contributed by atoms with Crippen LogP contribution in [0.5, 0.6) is 0 Å². The number of hydrogen-bond donors (Lipinski definition) is 2. The summed E-state index contributed by atoms with van der Waals surface area (Å²) in [5.41, 5.74) is -0.613. The highest BCUT2D eigenvalue weighted by Crippen LogP contribution is 2.38. The van der Waals surface area contributed by atoms with E-state index in [1.807, 2.05) is 0 Å². The van der Waals surface area contributed by atoms with Crippen molar-refractivity contribution in [1.29, 1.82) is 0 Å². The second-order valence-corrected chi connectivity index (χ2v) is 4.26. The number of carboxylic acids is 1. The summed E-state index contributed by atoms with van der Waals surface area (Å²) in [4.78, 5) is 15.3. The van der Waals surface area contributed by atoms with E-state index in [1.54, 1.807) is 0 Å². The maximum Gasteiger partial charge on any atom is 0.310 e. The molecule has 5 nitrogen and oxygen atoms in total. The molecule has 0 saturated heterocycles. The van der Waals surface area contributed by atoms with E-state index < -0.39 is 11.4 Å². The van der Waals surface area contributed by atoms with Crippen LogP contribution in [0, 0.1) is 5.41 Å². The molecule has 1 aromatic heterocycles. The van der Waals surface area contributed by atoms with Crippen LogP contribution >= 0.6 is 0 Å². The number of aliphatic carboxylic acids is 1. The van der Waals surface area contributed by atoms with Gasteiger partial charge in [0.2, 0.25) is 0 Å². The Morgan fingerprint density at radius 3 is 2.73 bits per heavy atom. The van der Waals surface area contributed by atoms with Gasteiger partial charge in [-0.1, -0.05) is 19.3 Å². The van der Waals surface area contributed by atoms with Gasteiger partial charge in [-0.25, -0.2) is 4.98 Å². The third-order valence-corrected chi connectivity index (χ3v) is 3.24. The topological polar surface area (TPSA) is 78.9 Å². The third kappa shape index (κ3) is 2.00. The lowest BCUT2D eigenvalue weighted by atomic mass is 9.72. The Morgan fingerprint density at radius 1 is 1.47 bits per heavy atom. The van der Waals surface area contributed by atoms with Crippen molar-refractivity contribution < 1.29 is 9.90 Å². The molecular weight excluding hydrogens is 194 g/mol. The lowest BCUT2D eigenvalue weighted by Gasteiger charge is -2.32. The van der Waals surface area contributed by atoms with Crippen molar-refractivity contribution in [3.05, 3.63) is 12.2 Å². The van der Waals surface area contributed by atoms with Gasteiger partial charge in [0.1, 0.15) is 12.2 Å². The Kier molecular flexibility index (Phi) is 2.70. The summed E-state index contributed by atoms with van der Waals surface area (Å²) >= 11 is 0. The van der Waals surface area contributed by atoms with Crippen molar-refractivity contribution in [3.63, 3.8) is 0 Å². The highest BCUT2D eigenvalue weighted by atomic mass is 16.4. The first-order valence-electron chi connectivity index (χ1n) is 5.31. The van der Waals surface area contributed by atoms with Gasteiger partial charge < -0.3 is 5.11 Å². The van der Waals surface area contributed by atoms with Gasteiger partial charge in [-0.3, -0.25) is 9.89 Å². The molecule has 2 N–H and O–H groups in total. The summed E-state index contributed by atoms with van der Waals surface area (Å²) in [6.07, 6.45) is 6.55. The van der Waals surface area contributed by atoms with Gasteiger partial charge in [0.25, 0.3) is 0 Å². The number of nitrogens with zero attached hydrogens (tertiary/aromatic N) is 2. The molecule has 0 radical (unpaired) electrons. The first-order valence-corrected chi connectivity index (χ1v) is 5.31. The van der Waals surface area contributed by atoms with Crippen LogP contribution in [0.2, 0.25) is 0 Å². The van der Waals surface area contributed by atoms with E-state index >= 15 is 0 Å². The lowest BCUT2D eigenvalue weighted by molar-refractivity contribution is -0.151. The molecule has 1 aliphatic carbocycles. The average Bonchev–Trinajstić information content (AvgIpc) is 2.71. The van der Waals surface area contributed by atoms with Gasteiger partial charge in [-0.2, -0.15) is 5.10 Å². The molecule has 0 amide bonds. The van der Waals surface area contributed by atoms with Gasteiger partial charge >= 0.3 is 5.97 Å². The zero-order chi connectivity index (χ0) is 10.7. The van der Waals surface area contributed by atoms with Gasteiger partial charge in [-0.05, 0) is 12.8 Å². The number of carbonyl (C=O) groups is 1. The predicted molar refractivity (Wildman–Crippen MR) is 53.2 cm³/mol. The summed E-state index contributed by atoms with van der Waals surface area (Å²) in [7, 11) is 0. The predicted octanol–water partition coefficient (Wildman–Crippen LogP) is 1.38. The fourth-order valence-electron chi connectivity index (χ4n) is 2.33. The fraction of sp³-hybridized carbons (Fsp3) is 0.700. The molecule has 0 unspecified atom stereocenters. The van der Waals surface area contributed by atoms with Crippen LogP contribution in [0.4, 0.5) is 0 Å². The van der Waals surface area contributed by atoms with Gasteiger partial charge in [0.15, 0.2) is 0 Å². The van der Waals surface area contributed by atoms with E-state index in [2.05, 4.69) is 15.2 Å². The normalized spacial score (nSPS) is 20.0. The van der Waals surface area contributed by atoms with E-state index in [4.69, 9.17) is 0 Å². The molecule has 0 aromatic carbocycles. The molecule has 82 valence electrons. The highest BCUT2D eigenvalue weighted by molar-refractivity contribution is 5.75. The first-order chi connectivity index (χ1) is 7.23. The minimum atomic E-state index is -0.696. The quantitative estimate of drug-likeness (QED) is 0.788. The molecule has 5 heteroatoms. The summed E-state index contributed by atoms with van der Waals surface area (Å²) in [5, 5.41) is 15.8. The summed E-state index contributed by atoms with van der Waals surface area (Å²) in [5.74, 6) is -0.0158. The van der Waals surface area contributed by atoms with Gasteiger partial charge in [0, 0.05) is 6.42 Å². The van der Waals surface area contributed by atoms with Crippen molar-refractivity contribution in [1.82, 2.24) is 15.2 Å². The van der Waals surface area contributed by atoms with E-state index in [0.717, 1.165) is 32.1 Å². The number of aromatic nitrogens is 3. The monoisotopic (exact) mass is 209 g/mol. The molecule has 15 heavy (non-hydrogen) atoms. The van der Waals surface area contributed by atoms with E-state index in [-0.39, 0.29) is 0 Å². The van der Waals surface area contributed by atoms with Crippen LogP contribution in [0.25, 0.3) is 0 Å². The second-order valence-electron chi connectivity index (χ2n) is 4.26. The number of rotatable bonds is 3. The van der Waals surface area contributed by atoms with Crippen molar-refractivity contribution in [2.75, 3.05) is 0 Å². The van der Waals surface area contributed by atoms with Crippen LogP contribution in [-0.4, -0.2) is 26.3 Å². The van der Waals surface area contributed by atoms with E-state index in [9.17, 15) is 9.90 Å². The summed E-state index contributed by atoms with van der Waals surface area (Å²) in [6, 6.07) is 0. The molecule has 0 atom stereocenters. The minimum Gasteiger partial charge on any atom is -0.481 e. The zero-order valence-corrected chi connectivity index (χ0v) is 8.57. The van der Waals surface area contributed by atoms with E-state index in [1.165, 1.54) is 6.33 Å². The first kappa shape index (κ1) is 10.1. The Bertz CT molecular complexity index is 328. The number of H-pyrrole nitrogens is 1. The average molecular weight is 209 g/mol. The Balaban J connectivity index is 2.15. The summed E-state index contributed by atoms with van der Waals surface area (Å²) < 4.78 is 0. The van der Waals surface area contributed by atoms with Crippen LogP contribution in [-0.2, 0) is 11.2 Å². The molecule has 1 fully saturated rings. The van der Waals surface area contributed by atoms with E-state index in [0.29, 0.717) is 12.2 Å². The Hall–Kier alpha value is -1.39. The molecular formula is C10H15N3O2. The zero-order valence-electron chi connectivity index (χ0n) is 8.57. The van der Waals surface area contributed by atoms with Crippen LogP contribution in [0.3, 0.4) is 0 Å². The molecule has 0 aliphatic heterocycles. The molecule has 1 saturated carbocycles. The molecule has 1 aliphatic rings. The van der Waals surface area contributed by atoms with Gasteiger partial charge in [0.05, 0.1) is 5.41 Å². The molecule has 1 aromatic rings. The smallest absolute Gasteiger partial charge is 0.310 e. The van der Waals surface area contributed by atoms with Crippen LogP contribution in [0.15, 0.2) is 6.33 Å². The molecule has 0 bridgehead atoms. The van der Waals surface area contributed by atoms with Crippen molar-refractivity contribution >= 4 is 5.97 Å². The fourth-order valence-corrected chi connectivity index (χ4v) is 2.33. The highest BCUT2D eigenvalue weighted by Gasteiger charge is 2.40.